The van der Waals surface area contributed by atoms with Crippen molar-refractivity contribution in [2.45, 2.75) is 31.7 Å². The van der Waals surface area contributed by atoms with E-state index < -0.39 is 36.3 Å². The van der Waals surface area contributed by atoms with Crippen molar-refractivity contribution in [1.29, 1.82) is 0 Å². The first kappa shape index (κ1) is 17.3. The van der Waals surface area contributed by atoms with Crippen LogP contribution in [0, 0.1) is 10.1 Å². The van der Waals surface area contributed by atoms with Gasteiger partial charge in [-0.2, -0.15) is 0 Å². The fourth-order valence-electron chi connectivity index (χ4n) is 1.42. The Morgan fingerprint density at radius 1 is 1.24 bits per heavy atom. The fraction of sp³-hybridized carbons (Fsp3) is 0.500. The zero-order valence-corrected chi connectivity index (χ0v) is 11.2. The van der Waals surface area contributed by atoms with Crippen LogP contribution in [0.5, 0.6) is 5.75 Å². The Morgan fingerprint density at radius 2 is 1.81 bits per heavy atom. The lowest BCUT2D eigenvalue weighted by Gasteiger charge is -2.26. The third-order valence-corrected chi connectivity index (χ3v) is 2.57. The molecule has 3 unspecified atom stereocenters. The number of rotatable bonds is 8. The molecule has 0 bridgehead atoms. The van der Waals surface area contributed by atoms with Crippen LogP contribution in [-0.4, -0.2) is 56.7 Å². The van der Waals surface area contributed by atoms with Crippen LogP contribution < -0.4 is 4.74 Å². The first-order chi connectivity index (χ1) is 9.85. The maximum atomic E-state index is 10.5. The van der Waals surface area contributed by atoms with Crippen molar-refractivity contribution in [2.75, 3.05) is 6.61 Å². The Morgan fingerprint density at radius 3 is 2.19 bits per heavy atom. The fourth-order valence-corrected chi connectivity index (χ4v) is 1.42. The molecule has 0 heterocycles. The molecule has 0 radical (unpaired) electrons. The van der Waals surface area contributed by atoms with Crippen molar-refractivity contribution < 1.29 is 34.8 Å². The first-order valence-electron chi connectivity index (χ1n) is 6.06. The Hall–Kier alpha value is -1.78. The number of ether oxygens (including phenoxy) is 2. The van der Waals surface area contributed by atoms with E-state index in [0.717, 1.165) is 0 Å². The summed E-state index contributed by atoms with van der Waals surface area (Å²) in [6.45, 7) is 0.804. The van der Waals surface area contributed by atoms with Crippen LogP contribution in [0.15, 0.2) is 24.3 Å². The van der Waals surface area contributed by atoms with Crippen LogP contribution in [0.2, 0.25) is 0 Å². The van der Waals surface area contributed by atoms with Gasteiger partial charge in [-0.1, -0.05) is 0 Å². The van der Waals surface area contributed by atoms with Crippen molar-refractivity contribution in [2.24, 2.45) is 0 Å². The van der Waals surface area contributed by atoms with Crippen LogP contribution in [0.25, 0.3) is 0 Å². The smallest absolute Gasteiger partial charge is 0.269 e. The molecule has 1 aromatic rings. The van der Waals surface area contributed by atoms with Gasteiger partial charge in [0, 0.05) is 12.1 Å². The summed E-state index contributed by atoms with van der Waals surface area (Å²) in [7, 11) is 0. The molecule has 0 aliphatic rings. The minimum Gasteiger partial charge on any atom is -0.459 e. The van der Waals surface area contributed by atoms with Crippen molar-refractivity contribution in [3.63, 3.8) is 0 Å². The molecule has 0 spiro atoms. The standard InChI is InChI=1S/C12H17NO8/c1-7(15)10(6-14)21-12(11(16)17)20-9-4-2-8(3-5-9)13(18)19/h2-5,7,10-12,14-17H,6H2,1H3. The number of aliphatic hydroxyl groups is 4. The van der Waals surface area contributed by atoms with E-state index in [9.17, 15) is 25.4 Å². The number of benzene rings is 1. The number of nitrogens with zero attached hydrogens (tertiary/aromatic N) is 1. The maximum absolute atomic E-state index is 10.5. The van der Waals surface area contributed by atoms with E-state index >= 15 is 0 Å². The quantitative estimate of drug-likeness (QED) is 0.282. The van der Waals surface area contributed by atoms with E-state index in [2.05, 4.69) is 0 Å². The highest BCUT2D eigenvalue weighted by molar-refractivity contribution is 5.36. The van der Waals surface area contributed by atoms with Crippen molar-refractivity contribution in [3.8, 4) is 5.75 Å². The average molecular weight is 303 g/mol. The molecular weight excluding hydrogens is 286 g/mol. The number of aliphatic hydroxyl groups excluding tert-OH is 3. The molecule has 0 aliphatic heterocycles. The topological polar surface area (TPSA) is 143 Å². The van der Waals surface area contributed by atoms with Gasteiger partial charge in [-0.3, -0.25) is 10.1 Å². The lowest BCUT2D eigenvalue weighted by Crippen LogP contribution is -2.42. The van der Waals surface area contributed by atoms with E-state index in [1.807, 2.05) is 0 Å². The molecule has 1 rings (SSSR count). The minimum absolute atomic E-state index is 0.0981. The van der Waals surface area contributed by atoms with Gasteiger partial charge in [0.05, 0.1) is 17.6 Å². The summed E-state index contributed by atoms with van der Waals surface area (Å²) in [5.41, 5.74) is -0.151. The summed E-state index contributed by atoms with van der Waals surface area (Å²) in [6, 6.07) is 4.86. The van der Waals surface area contributed by atoms with Crippen LogP contribution in [0.3, 0.4) is 0 Å². The molecule has 118 valence electrons. The molecular formula is C12H17NO8. The molecule has 0 fully saturated rings. The van der Waals surface area contributed by atoms with Crippen LogP contribution in [0.4, 0.5) is 5.69 Å². The van der Waals surface area contributed by atoms with Gasteiger partial charge in [0.1, 0.15) is 11.9 Å². The van der Waals surface area contributed by atoms with Crippen LogP contribution in [0.1, 0.15) is 6.92 Å². The predicted molar refractivity (Wildman–Crippen MR) is 69.4 cm³/mol. The van der Waals surface area contributed by atoms with E-state index in [-0.39, 0.29) is 11.4 Å². The zero-order chi connectivity index (χ0) is 16.0. The third-order valence-electron chi connectivity index (χ3n) is 2.57. The second-order valence-electron chi connectivity index (χ2n) is 4.25. The summed E-state index contributed by atoms with van der Waals surface area (Å²) in [6.07, 6.45) is -5.74. The van der Waals surface area contributed by atoms with Gasteiger partial charge >= 0.3 is 0 Å². The molecule has 0 saturated heterocycles. The van der Waals surface area contributed by atoms with Gasteiger partial charge in [-0.05, 0) is 19.1 Å². The van der Waals surface area contributed by atoms with Gasteiger partial charge in [0.25, 0.3) is 12.0 Å². The molecule has 0 aromatic heterocycles. The lowest BCUT2D eigenvalue weighted by atomic mass is 10.2. The highest BCUT2D eigenvalue weighted by atomic mass is 16.7. The summed E-state index contributed by atoms with van der Waals surface area (Å²) < 4.78 is 10.2. The second kappa shape index (κ2) is 7.86. The Kier molecular flexibility index (Phi) is 6.46. The number of hydrogen-bond acceptors (Lipinski definition) is 8. The molecule has 0 saturated carbocycles. The van der Waals surface area contributed by atoms with E-state index in [1.54, 1.807) is 0 Å². The average Bonchev–Trinajstić information content (AvgIpc) is 2.43. The van der Waals surface area contributed by atoms with Crippen molar-refractivity contribution >= 4 is 5.69 Å². The van der Waals surface area contributed by atoms with Gasteiger partial charge in [0.2, 0.25) is 6.29 Å². The molecule has 21 heavy (non-hydrogen) atoms. The normalized spacial score (nSPS) is 15.5. The Balaban J connectivity index is 2.76. The molecule has 4 N–H and O–H groups in total. The summed E-state index contributed by atoms with van der Waals surface area (Å²) in [5, 5.41) is 47.2. The molecule has 9 heteroatoms. The van der Waals surface area contributed by atoms with Gasteiger partial charge in [-0.15, -0.1) is 0 Å². The van der Waals surface area contributed by atoms with Crippen molar-refractivity contribution in [3.05, 3.63) is 34.4 Å². The van der Waals surface area contributed by atoms with E-state index in [0.29, 0.717) is 0 Å². The van der Waals surface area contributed by atoms with Gasteiger partial charge in [0.15, 0.2) is 0 Å². The van der Waals surface area contributed by atoms with Crippen molar-refractivity contribution in [1.82, 2.24) is 0 Å². The Bertz CT molecular complexity index is 447. The summed E-state index contributed by atoms with van der Waals surface area (Å²) in [4.78, 5) is 9.92. The number of nitro groups is 1. The van der Waals surface area contributed by atoms with Gasteiger partial charge in [-0.25, -0.2) is 0 Å². The van der Waals surface area contributed by atoms with Crippen LogP contribution >= 0.6 is 0 Å². The first-order valence-corrected chi connectivity index (χ1v) is 6.06. The second-order valence-corrected chi connectivity index (χ2v) is 4.25. The molecule has 0 amide bonds. The lowest BCUT2D eigenvalue weighted by molar-refractivity contribution is -0.384. The molecule has 9 nitrogen and oxygen atoms in total. The highest BCUT2D eigenvalue weighted by Crippen LogP contribution is 2.20. The molecule has 1 aromatic carbocycles. The Labute approximate surface area is 120 Å². The monoisotopic (exact) mass is 303 g/mol. The minimum atomic E-state index is -2.03. The van der Waals surface area contributed by atoms with E-state index in [4.69, 9.17) is 14.6 Å². The van der Waals surface area contributed by atoms with E-state index in [1.165, 1.54) is 31.2 Å². The SMILES string of the molecule is CC(O)C(CO)OC(Oc1ccc([N+](=O)[O-])cc1)C(O)O. The third kappa shape index (κ3) is 5.25. The number of non-ortho nitro benzene ring substituents is 1. The van der Waals surface area contributed by atoms with Gasteiger partial charge < -0.3 is 29.9 Å². The highest BCUT2D eigenvalue weighted by Gasteiger charge is 2.26. The number of hydrogen-bond donors (Lipinski definition) is 4. The molecule has 3 atom stereocenters. The number of nitro benzene ring substituents is 1. The summed E-state index contributed by atoms with van der Waals surface area (Å²) >= 11 is 0. The molecule has 0 aliphatic carbocycles. The summed E-state index contributed by atoms with van der Waals surface area (Å²) in [5.74, 6) is 0.0981. The zero-order valence-electron chi connectivity index (χ0n) is 11.2. The largest absolute Gasteiger partial charge is 0.459 e. The predicted octanol–water partition coefficient (Wildman–Crippen LogP) is -0.631. The van der Waals surface area contributed by atoms with Crippen LogP contribution in [-0.2, 0) is 4.74 Å². The maximum Gasteiger partial charge on any atom is 0.269 e.